The quantitative estimate of drug-likeness (QED) is 0.308. The van der Waals surface area contributed by atoms with E-state index in [4.69, 9.17) is 39.5 Å². The van der Waals surface area contributed by atoms with Crippen molar-refractivity contribution in [3.05, 3.63) is 62.4 Å². The number of benzene rings is 1. The largest absolute Gasteiger partial charge is 0.462 e. The van der Waals surface area contributed by atoms with Gasteiger partial charge in [-0.15, -0.1) is 0 Å². The van der Waals surface area contributed by atoms with Crippen LogP contribution in [0.15, 0.2) is 30.3 Å². The van der Waals surface area contributed by atoms with Gasteiger partial charge in [0.15, 0.2) is 6.04 Å². The average molecular weight is 523 g/mol. The average Bonchev–Trinajstić information content (AvgIpc) is 3.10. The molecule has 6 nitrogen and oxygen atoms in total. The Morgan fingerprint density at radius 1 is 1.12 bits per heavy atom. The fourth-order valence-corrected chi connectivity index (χ4v) is 3.79. The summed E-state index contributed by atoms with van der Waals surface area (Å²) >= 11 is 17.8. The van der Waals surface area contributed by atoms with Crippen LogP contribution in [0, 0.1) is 0 Å². The van der Waals surface area contributed by atoms with Gasteiger partial charge < -0.3 is 14.6 Å². The summed E-state index contributed by atoms with van der Waals surface area (Å²) in [6, 6.07) is 3.78. The Bertz CT molecular complexity index is 1230. The van der Waals surface area contributed by atoms with Crippen LogP contribution in [0.25, 0.3) is 11.0 Å². The molecule has 2 heterocycles. The molecule has 1 atom stereocenters. The minimum absolute atomic E-state index is 0.0183. The molecule has 0 bridgehead atoms. The fraction of sp³-hybridized carbons (Fsp3) is 0.286. The Morgan fingerprint density at radius 3 is 2.39 bits per heavy atom. The number of hydrogen-bond acceptors (Lipinski definition) is 4. The van der Waals surface area contributed by atoms with Crippen LogP contribution in [0.3, 0.4) is 0 Å². The lowest BCUT2D eigenvalue weighted by Crippen LogP contribution is -2.38. The van der Waals surface area contributed by atoms with E-state index in [9.17, 15) is 22.8 Å². The third-order valence-corrected chi connectivity index (χ3v) is 5.77. The van der Waals surface area contributed by atoms with Gasteiger partial charge in [-0.25, -0.2) is 9.78 Å². The van der Waals surface area contributed by atoms with Gasteiger partial charge in [-0.1, -0.05) is 40.9 Å². The predicted octanol–water partition coefficient (Wildman–Crippen LogP) is 6.23. The van der Waals surface area contributed by atoms with E-state index in [1.54, 1.807) is 13.8 Å². The van der Waals surface area contributed by atoms with E-state index in [-0.39, 0.29) is 50.8 Å². The van der Waals surface area contributed by atoms with Crippen molar-refractivity contribution in [1.29, 1.82) is 0 Å². The number of halogens is 6. The number of ether oxygens (including phenoxy) is 1. The van der Waals surface area contributed by atoms with Gasteiger partial charge in [0.1, 0.15) is 16.5 Å². The highest BCUT2D eigenvalue weighted by atomic mass is 35.5. The molecule has 1 N–H and O–H groups in total. The summed E-state index contributed by atoms with van der Waals surface area (Å²) in [4.78, 5) is 29.2. The molecule has 0 aliphatic carbocycles. The smallest absolute Gasteiger partial charge is 0.412 e. The number of nitrogens with zero attached hydrogens (tertiary/aromatic N) is 2. The summed E-state index contributed by atoms with van der Waals surface area (Å²) in [5, 5.41) is 2.20. The van der Waals surface area contributed by atoms with Crippen LogP contribution in [-0.4, -0.2) is 34.2 Å². The maximum absolute atomic E-state index is 13.8. The first-order valence-corrected chi connectivity index (χ1v) is 10.8. The molecule has 1 unspecified atom stereocenters. The second-order valence-corrected chi connectivity index (χ2v) is 8.03. The van der Waals surface area contributed by atoms with Crippen LogP contribution in [0.4, 0.5) is 13.2 Å². The van der Waals surface area contributed by atoms with E-state index in [0.717, 1.165) is 12.1 Å². The first kappa shape index (κ1) is 25.1. The van der Waals surface area contributed by atoms with Crippen LogP contribution >= 0.6 is 34.8 Å². The molecule has 1 amide bonds. The molecule has 12 heteroatoms. The molecular formula is C21H17Cl3F3N3O3. The van der Waals surface area contributed by atoms with E-state index in [1.807, 2.05) is 5.32 Å². The number of rotatable bonds is 6. The van der Waals surface area contributed by atoms with Gasteiger partial charge in [0, 0.05) is 11.9 Å². The zero-order chi connectivity index (χ0) is 24.5. The second kappa shape index (κ2) is 9.79. The van der Waals surface area contributed by atoms with E-state index >= 15 is 0 Å². The SMILES string of the molecule is CCOC(=O)c1cc2cc(C(=O)NC(c3ccc(Cl)c(Cl)c3)C(F)(F)F)n(CC)c2nc1Cl. The lowest BCUT2D eigenvalue weighted by atomic mass is 10.1. The standard InChI is InChI=1S/C21H17Cl3F3N3O3/c1-3-30-15(9-11-7-12(20(32)33-4-2)17(24)29-18(11)30)19(31)28-16(21(25,26)27)10-5-6-13(22)14(23)8-10/h5-9,16H,3-4H2,1-2H3,(H,28,31). The molecule has 0 radical (unpaired) electrons. The van der Waals surface area contributed by atoms with Crippen LogP contribution in [0.1, 0.15) is 46.3 Å². The van der Waals surface area contributed by atoms with Crippen molar-refractivity contribution in [2.24, 2.45) is 0 Å². The Hall–Kier alpha value is -2.49. The molecule has 176 valence electrons. The Morgan fingerprint density at radius 2 is 1.82 bits per heavy atom. The van der Waals surface area contributed by atoms with Crippen LogP contribution < -0.4 is 5.32 Å². The van der Waals surface area contributed by atoms with Crippen LogP contribution in [0.5, 0.6) is 0 Å². The van der Waals surface area contributed by atoms with Gasteiger partial charge in [-0.2, -0.15) is 13.2 Å². The van der Waals surface area contributed by atoms with Gasteiger partial charge >= 0.3 is 12.1 Å². The van der Waals surface area contributed by atoms with E-state index in [1.165, 1.54) is 22.8 Å². The number of nitrogens with one attached hydrogen (secondary N) is 1. The molecule has 0 saturated heterocycles. The Balaban J connectivity index is 2.04. The lowest BCUT2D eigenvalue weighted by Gasteiger charge is -2.22. The normalized spacial score (nSPS) is 12.6. The van der Waals surface area contributed by atoms with E-state index in [2.05, 4.69) is 4.98 Å². The molecule has 33 heavy (non-hydrogen) atoms. The van der Waals surface area contributed by atoms with Gasteiger partial charge in [0.25, 0.3) is 5.91 Å². The molecule has 3 rings (SSSR count). The number of fused-ring (bicyclic) bond motifs is 1. The number of pyridine rings is 1. The Kier molecular flexibility index (Phi) is 7.45. The molecule has 3 aromatic rings. The number of carbonyl (C=O) groups is 2. The third kappa shape index (κ3) is 5.20. The second-order valence-electron chi connectivity index (χ2n) is 6.86. The maximum Gasteiger partial charge on any atom is 0.412 e. The zero-order valence-electron chi connectivity index (χ0n) is 17.3. The maximum atomic E-state index is 13.8. The van der Waals surface area contributed by atoms with Crippen molar-refractivity contribution in [3.8, 4) is 0 Å². The molecule has 0 aliphatic heterocycles. The van der Waals surface area contributed by atoms with Gasteiger partial charge in [-0.3, -0.25) is 4.79 Å². The highest BCUT2D eigenvalue weighted by Crippen LogP contribution is 2.36. The van der Waals surface area contributed by atoms with Crippen molar-refractivity contribution >= 4 is 57.7 Å². The summed E-state index contributed by atoms with van der Waals surface area (Å²) in [5.74, 6) is -1.71. The lowest BCUT2D eigenvalue weighted by molar-refractivity contribution is -0.155. The summed E-state index contributed by atoms with van der Waals surface area (Å²) in [5.41, 5.74) is -0.157. The summed E-state index contributed by atoms with van der Waals surface area (Å²) < 4.78 is 47.7. The van der Waals surface area contributed by atoms with E-state index < -0.39 is 24.1 Å². The van der Waals surface area contributed by atoms with Crippen LogP contribution in [0.2, 0.25) is 15.2 Å². The molecule has 0 aliphatic rings. The zero-order valence-corrected chi connectivity index (χ0v) is 19.5. The molecule has 0 fully saturated rings. The highest BCUT2D eigenvalue weighted by Gasteiger charge is 2.42. The van der Waals surface area contributed by atoms with Crippen molar-refractivity contribution in [2.45, 2.75) is 32.6 Å². The topological polar surface area (TPSA) is 73.2 Å². The van der Waals surface area contributed by atoms with Crippen molar-refractivity contribution in [1.82, 2.24) is 14.9 Å². The number of carbonyl (C=O) groups excluding carboxylic acids is 2. The third-order valence-electron chi connectivity index (χ3n) is 4.75. The number of alkyl halides is 3. The first-order valence-electron chi connectivity index (χ1n) is 9.67. The summed E-state index contributed by atoms with van der Waals surface area (Å²) in [6.45, 7) is 3.63. The Labute approximate surface area is 201 Å². The summed E-state index contributed by atoms with van der Waals surface area (Å²) in [7, 11) is 0. The van der Waals surface area contributed by atoms with Crippen molar-refractivity contribution in [2.75, 3.05) is 6.61 Å². The minimum atomic E-state index is -4.81. The fourth-order valence-electron chi connectivity index (χ4n) is 3.27. The van der Waals surface area contributed by atoms with Crippen LogP contribution in [-0.2, 0) is 11.3 Å². The van der Waals surface area contributed by atoms with Gasteiger partial charge in [-0.05, 0) is 43.7 Å². The molecule has 0 saturated carbocycles. The van der Waals surface area contributed by atoms with Gasteiger partial charge in [0.05, 0.1) is 22.2 Å². The van der Waals surface area contributed by atoms with Crippen molar-refractivity contribution in [3.63, 3.8) is 0 Å². The minimum Gasteiger partial charge on any atom is -0.462 e. The monoisotopic (exact) mass is 521 g/mol. The number of amides is 1. The predicted molar refractivity (Wildman–Crippen MR) is 119 cm³/mol. The molecule has 1 aromatic carbocycles. The number of esters is 1. The molecule has 2 aromatic heterocycles. The number of hydrogen-bond donors (Lipinski definition) is 1. The molecule has 0 spiro atoms. The van der Waals surface area contributed by atoms with Crippen molar-refractivity contribution < 1.29 is 27.5 Å². The number of aryl methyl sites for hydroxylation is 1. The first-order chi connectivity index (χ1) is 15.5. The highest BCUT2D eigenvalue weighted by molar-refractivity contribution is 6.42. The molecular weight excluding hydrogens is 506 g/mol. The number of aromatic nitrogens is 2. The van der Waals surface area contributed by atoms with E-state index in [0.29, 0.717) is 5.39 Å². The van der Waals surface area contributed by atoms with Gasteiger partial charge in [0.2, 0.25) is 0 Å². The summed E-state index contributed by atoms with van der Waals surface area (Å²) in [6.07, 6.45) is -4.81.